The molecule has 4 nitrogen and oxygen atoms in total. The van der Waals surface area contributed by atoms with Crippen LogP contribution in [0.15, 0.2) is 36.9 Å². The standard InChI is InChI=1S/C15H20N2O2.ClH/c1-2-11-19-14-6-4-3-5-13(14)15(18)17-9-7-12(16)8-10-17;/h2-6,12H,1,7-11,16H2;1H. The number of para-hydroxylation sites is 1. The molecule has 20 heavy (non-hydrogen) atoms. The summed E-state index contributed by atoms with van der Waals surface area (Å²) >= 11 is 0. The van der Waals surface area contributed by atoms with Gasteiger partial charge >= 0.3 is 0 Å². The molecule has 2 N–H and O–H groups in total. The predicted molar refractivity (Wildman–Crippen MR) is 82.5 cm³/mol. The van der Waals surface area contributed by atoms with Gasteiger partial charge in [-0.1, -0.05) is 24.8 Å². The highest BCUT2D eigenvalue weighted by atomic mass is 35.5. The molecule has 1 fully saturated rings. The summed E-state index contributed by atoms with van der Waals surface area (Å²) in [5.41, 5.74) is 6.47. The summed E-state index contributed by atoms with van der Waals surface area (Å²) in [6.45, 7) is 5.45. The van der Waals surface area contributed by atoms with E-state index in [0.717, 1.165) is 25.9 Å². The Morgan fingerprint density at radius 2 is 2.05 bits per heavy atom. The van der Waals surface area contributed by atoms with Gasteiger partial charge in [0, 0.05) is 19.1 Å². The van der Waals surface area contributed by atoms with Gasteiger partial charge in [-0.3, -0.25) is 4.79 Å². The molecule has 1 aliphatic heterocycles. The van der Waals surface area contributed by atoms with Gasteiger partial charge in [0.05, 0.1) is 5.56 Å². The summed E-state index contributed by atoms with van der Waals surface area (Å²) in [5.74, 6) is 0.633. The first-order valence-corrected chi connectivity index (χ1v) is 6.60. The van der Waals surface area contributed by atoms with Crippen LogP contribution in [0.3, 0.4) is 0 Å². The molecule has 110 valence electrons. The Hall–Kier alpha value is -1.52. The molecule has 0 aromatic heterocycles. The fraction of sp³-hybridized carbons (Fsp3) is 0.400. The molecule has 1 saturated heterocycles. The van der Waals surface area contributed by atoms with Crippen LogP contribution in [0.25, 0.3) is 0 Å². The van der Waals surface area contributed by atoms with Crippen LogP contribution in [-0.2, 0) is 0 Å². The number of nitrogens with two attached hydrogens (primary N) is 1. The molecule has 0 aliphatic carbocycles. The second-order valence-electron chi connectivity index (χ2n) is 4.73. The lowest BCUT2D eigenvalue weighted by atomic mass is 10.0. The maximum Gasteiger partial charge on any atom is 0.257 e. The van der Waals surface area contributed by atoms with Crippen molar-refractivity contribution < 1.29 is 9.53 Å². The van der Waals surface area contributed by atoms with Crippen molar-refractivity contribution in [2.75, 3.05) is 19.7 Å². The average molecular weight is 297 g/mol. The van der Waals surface area contributed by atoms with Gasteiger partial charge in [-0.2, -0.15) is 0 Å². The van der Waals surface area contributed by atoms with Gasteiger partial charge in [-0.25, -0.2) is 0 Å². The molecule has 0 spiro atoms. The first kappa shape index (κ1) is 16.5. The monoisotopic (exact) mass is 296 g/mol. The minimum atomic E-state index is 0. The number of piperidine rings is 1. The lowest BCUT2D eigenvalue weighted by Gasteiger charge is -2.30. The van der Waals surface area contributed by atoms with Gasteiger partial charge < -0.3 is 15.4 Å². The molecule has 0 unspecified atom stereocenters. The van der Waals surface area contributed by atoms with Crippen LogP contribution in [0, 0.1) is 0 Å². The second kappa shape index (κ2) is 7.92. The van der Waals surface area contributed by atoms with Crippen molar-refractivity contribution in [2.24, 2.45) is 5.73 Å². The van der Waals surface area contributed by atoms with Crippen LogP contribution in [0.5, 0.6) is 5.75 Å². The highest BCUT2D eigenvalue weighted by Crippen LogP contribution is 2.21. The van der Waals surface area contributed by atoms with E-state index in [4.69, 9.17) is 10.5 Å². The Balaban J connectivity index is 0.00000200. The Morgan fingerprint density at radius 1 is 1.40 bits per heavy atom. The molecular weight excluding hydrogens is 276 g/mol. The molecule has 1 heterocycles. The number of rotatable bonds is 4. The molecule has 0 radical (unpaired) electrons. The van der Waals surface area contributed by atoms with Crippen molar-refractivity contribution in [3.63, 3.8) is 0 Å². The zero-order valence-electron chi connectivity index (χ0n) is 11.5. The van der Waals surface area contributed by atoms with E-state index in [1.807, 2.05) is 23.1 Å². The largest absolute Gasteiger partial charge is 0.489 e. The zero-order chi connectivity index (χ0) is 13.7. The van der Waals surface area contributed by atoms with Gasteiger partial charge in [0.15, 0.2) is 0 Å². The van der Waals surface area contributed by atoms with Crippen molar-refractivity contribution >= 4 is 18.3 Å². The summed E-state index contributed by atoms with van der Waals surface area (Å²) in [4.78, 5) is 14.3. The second-order valence-corrected chi connectivity index (χ2v) is 4.73. The number of likely N-dealkylation sites (tertiary alicyclic amines) is 1. The van der Waals surface area contributed by atoms with Crippen LogP contribution in [-0.4, -0.2) is 36.5 Å². The molecule has 0 atom stereocenters. The number of amides is 1. The van der Waals surface area contributed by atoms with E-state index in [0.29, 0.717) is 17.9 Å². The smallest absolute Gasteiger partial charge is 0.257 e. The minimum Gasteiger partial charge on any atom is -0.489 e. The maximum atomic E-state index is 12.5. The maximum absolute atomic E-state index is 12.5. The van der Waals surface area contributed by atoms with Crippen LogP contribution < -0.4 is 10.5 Å². The van der Waals surface area contributed by atoms with Gasteiger partial charge in [0.25, 0.3) is 5.91 Å². The van der Waals surface area contributed by atoms with E-state index < -0.39 is 0 Å². The van der Waals surface area contributed by atoms with Crippen LogP contribution in [0.1, 0.15) is 23.2 Å². The average Bonchev–Trinajstić information content (AvgIpc) is 2.45. The Morgan fingerprint density at radius 3 is 2.70 bits per heavy atom. The van der Waals surface area contributed by atoms with E-state index in [-0.39, 0.29) is 24.4 Å². The lowest BCUT2D eigenvalue weighted by molar-refractivity contribution is 0.0711. The minimum absolute atomic E-state index is 0. The van der Waals surface area contributed by atoms with Crippen molar-refractivity contribution in [1.29, 1.82) is 0 Å². The summed E-state index contributed by atoms with van der Waals surface area (Å²) in [6, 6.07) is 7.54. The van der Waals surface area contributed by atoms with E-state index in [9.17, 15) is 4.79 Å². The van der Waals surface area contributed by atoms with Gasteiger partial charge in [-0.15, -0.1) is 12.4 Å². The van der Waals surface area contributed by atoms with E-state index in [1.165, 1.54) is 0 Å². The third kappa shape index (κ3) is 3.99. The normalized spacial score (nSPS) is 15.3. The number of ether oxygens (including phenoxy) is 1. The van der Waals surface area contributed by atoms with E-state index in [2.05, 4.69) is 6.58 Å². The molecule has 1 amide bonds. The van der Waals surface area contributed by atoms with Gasteiger partial charge in [-0.05, 0) is 25.0 Å². The molecule has 5 heteroatoms. The van der Waals surface area contributed by atoms with Crippen molar-refractivity contribution in [3.05, 3.63) is 42.5 Å². The summed E-state index contributed by atoms with van der Waals surface area (Å²) < 4.78 is 5.53. The topological polar surface area (TPSA) is 55.6 Å². The number of benzene rings is 1. The van der Waals surface area contributed by atoms with E-state index >= 15 is 0 Å². The SMILES string of the molecule is C=CCOc1ccccc1C(=O)N1CCC(N)CC1.Cl. The third-order valence-corrected chi connectivity index (χ3v) is 3.30. The molecule has 0 saturated carbocycles. The molecule has 1 aliphatic rings. The van der Waals surface area contributed by atoms with Crippen LogP contribution >= 0.6 is 12.4 Å². The summed E-state index contributed by atoms with van der Waals surface area (Å²) in [5, 5.41) is 0. The summed E-state index contributed by atoms with van der Waals surface area (Å²) in [7, 11) is 0. The number of hydrogen-bond donors (Lipinski definition) is 1. The number of nitrogens with zero attached hydrogens (tertiary/aromatic N) is 1. The quantitative estimate of drug-likeness (QED) is 0.867. The highest BCUT2D eigenvalue weighted by molar-refractivity contribution is 5.97. The van der Waals surface area contributed by atoms with Crippen molar-refractivity contribution in [3.8, 4) is 5.75 Å². The number of carbonyl (C=O) groups excluding carboxylic acids is 1. The Kier molecular flexibility index (Phi) is 6.55. The Labute approximate surface area is 126 Å². The molecule has 1 aromatic rings. The number of halogens is 1. The molecule has 1 aromatic carbocycles. The number of carbonyl (C=O) groups is 1. The van der Waals surface area contributed by atoms with Gasteiger partial charge in [0.1, 0.15) is 12.4 Å². The van der Waals surface area contributed by atoms with Crippen LogP contribution in [0.2, 0.25) is 0 Å². The van der Waals surface area contributed by atoms with Crippen LogP contribution in [0.4, 0.5) is 0 Å². The lowest BCUT2D eigenvalue weighted by Crippen LogP contribution is -2.42. The fourth-order valence-electron chi connectivity index (χ4n) is 2.19. The van der Waals surface area contributed by atoms with E-state index in [1.54, 1.807) is 12.1 Å². The van der Waals surface area contributed by atoms with Gasteiger partial charge in [0.2, 0.25) is 0 Å². The Bertz CT molecular complexity index is 457. The zero-order valence-corrected chi connectivity index (χ0v) is 12.3. The fourth-order valence-corrected chi connectivity index (χ4v) is 2.19. The van der Waals surface area contributed by atoms with Crippen molar-refractivity contribution in [1.82, 2.24) is 4.90 Å². The molecular formula is C15H21ClN2O2. The first-order chi connectivity index (χ1) is 9.22. The summed E-state index contributed by atoms with van der Waals surface area (Å²) in [6.07, 6.45) is 3.39. The third-order valence-electron chi connectivity index (χ3n) is 3.30. The molecule has 2 rings (SSSR count). The number of hydrogen-bond acceptors (Lipinski definition) is 3. The first-order valence-electron chi connectivity index (χ1n) is 6.60. The predicted octanol–water partition coefficient (Wildman–Crippen LogP) is 2.24. The molecule has 0 bridgehead atoms. The highest BCUT2D eigenvalue weighted by Gasteiger charge is 2.23. The van der Waals surface area contributed by atoms with Crippen molar-refractivity contribution in [2.45, 2.75) is 18.9 Å².